The maximum absolute atomic E-state index is 12.8. The van der Waals surface area contributed by atoms with E-state index in [2.05, 4.69) is 10.1 Å². The summed E-state index contributed by atoms with van der Waals surface area (Å²) in [6.45, 7) is 1.48. The molecule has 0 bridgehead atoms. The van der Waals surface area contributed by atoms with Gasteiger partial charge in [-0.15, -0.1) is 0 Å². The second-order valence-electron chi connectivity index (χ2n) is 8.01. The van der Waals surface area contributed by atoms with E-state index in [1.165, 1.54) is 17.5 Å². The summed E-state index contributed by atoms with van der Waals surface area (Å²) in [7, 11) is 0. The first kappa shape index (κ1) is 18.0. The molecule has 1 aromatic carbocycles. The van der Waals surface area contributed by atoms with Crippen LogP contribution < -0.4 is 0 Å². The van der Waals surface area contributed by atoms with Gasteiger partial charge in [-0.2, -0.15) is 0 Å². The number of Topliss-reactive ketones (excluding diaryl/α,β-unsaturated/α-hetero) is 1. The molecule has 29 heavy (non-hydrogen) atoms. The van der Waals surface area contributed by atoms with Gasteiger partial charge in [-0.05, 0) is 68.7 Å². The summed E-state index contributed by atoms with van der Waals surface area (Å²) in [4.78, 5) is 29.9. The van der Waals surface area contributed by atoms with Gasteiger partial charge in [0.2, 0.25) is 0 Å². The van der Waals surface area contributed by atoms with Crippen LogP contribution >= 0.6 is 0 Å². The number of ether oxygens (including phenoxy) is 1. The third-order valence-electron chi connectivity index (χ3n) is 5.86. The molecule has 0 amide bonds. The fourth-order valence-corrected chi connectivity index (χ4v) is 4.06. The number of esters is 1. The maximum Gasteiger partial charge on any atom is 0.339 e. The van der Waals surface area contributed by atoms with Gasteiger partial charge in [0.1, 0.15) is 0 Å². The first-order valence-electron chi connectivity index (χ1n) is 10.2. The van der Waals surface area contributed by atoms with Crippen LogP contribution in [0.4, 0.5) is 0 Å². The molecule has 2 aliphatic carbocycles. The molecule has 2 heterocycles. The van der Waals surface area contributed by atoms with Crippen molar-refractivity contribution in [3.63, 3.8) is 0 Å². The van der Waals surface area contributed by atoms with Crippen molar-refractivity contribution >= 4 is 22.9 Å². The van der Waals surface area contributed by atoms with E-state index < -0.39 is 5.97 Å². The molecule has 0 unspecified atom stereocenters. The van der Waals surface area contributed by atoms with Crippen LogP contribution in [0.2, 0.25) is 0 Å². The number of nitrogens with zero attached hydrogens (tertiary/aromatic N) is 2. The second-order valence-corrected chi connectivity index (χ2v) is 8.01. The number of benzene rings is 1. The standard InChI is InChI=1S/C23H22N2O4/c1-13-21-18(11-19(15-7-8-15)24-22(21)29-25-13)23(27)28-12-20(26)17-9-6-14-4-2-3-5-16(14)10-17/h6,9-11,15H,2-5,7-8,12H2,1H3. The molecule has 2 aliphatic rings. The van der Waals surface area contributed by atoms with Crippen molar-refractivity contribution in [2.75, 3.05) is 6.61 Å². The molecule has 0 N–H and O–H groups in total. The van der Waals surface area contributed by atoms with Gasteiger partial charge in [-0.25, -0.2) is 9.78 Å². The Morgan fingerprint density at radius 2 is 1.93 bits per heavy atom. The normalized spacial score (nSPS) is 15.9. The minimum atomic E-state index is -0.545. The lowest BCUT2D eigenvalue weighted by Gasteiger charge is -2.16. The Kier molecular flexibility index (Phi) is 4.42. The highest BCUT2D eigenvalue weighted by atomic mass is 16.5. The van der Waals surface area contributed by atoms with E-state index in [4.69, 9.17) is 9.26 Å². The number of hydrogen-bond acceptors (Lipinski definition) is 6. The highest BCUT2D eigenvalue weighted by molar-refractivity contribution is 6.05. The Hall–Kier alpha value is -3.02. The first-order valence-corrected chi connectivity index (χ1v) is 10.2. The summed E-state index contributed by atoms with van der Waals surface area (Å²) in [5, 5.41) is 4.49. The average Bonchev–Trinajstić information content (AvgIpc) is 3.54. The average molecular weight is 390 g/mol. The lowest BCUT2D eigenvalue weighted by atomic mass is 9.90. The van der Waals surface area contributed by atoms with Crippen LogP contribution in [0, 0.1) is 6.92 Å². The van der Waals surface area contributed by atoms with E-state index in [9.17, 15) is 9.59 Å². The zero-order chi connectivity index (χ0) is 20.0. The molecule has 6 heteroatoms. The van der Waals surface area contributed by atoms with Crippen molar-refractivity contribution in [1.82, 2.24) is 10.1 Å². The predicted octanol–water partition coefficient (Wildman–Crippen LogP) is 4.33. The van der Waals surface area contributed by atoms with Gasteiger partial charge in [0.15, 0.2) is 12.4 Å². The SMILES string of the molecule is Cc1noc2nc(C3CC3)cc(C(=O)OCC(=O)c3ccc4c(c3)CCCC4)c12. The third-order valence-corrected chi connectivity index (χ3v) is 5.86. The quantitative estimate of drug-likeness (QED) is 0.476. The van der Waals surface area contributed by atoms with Crippen LogP contribution in [0.5, 0.6) is 0 Å². The largest absolute Gasteiger partial charge is 0.454 e. The molecule has 6 nitrogen and oxygen atoms in total. The second kappa shape index (κ2) is 7.10. The molecule has 5 rings (SSSR count). The Labute approximate surface area is 168 Å². The minimum absolute atomic E-state index is 0.193. The Bertz CT molecular complexity index is 1130. The smallest absolute Gasteiger partial charge is 0.339 e. The lowest BCUT2D eigenvalue weighted by molar-refractivity contribution is 0.0476. The van der Waals surface area contributed by atoms with E-state index in [-0.39, 0.29) is 12.4 Å². The summed E-state index contributed by atoms with van der Waals surface area (Å²) in [5.41, 5.74) is 5.27. The molecular formula is C23H22N2O4. The minimum Gasteiger partial charge on any atom is -0.454 e. The van der Waals surface area contributed by atoms with Gasteiger partial charge in [-0.1, -0.05) is 17.3 Å². The van der Waals surface area contributed by atoms with Gasteiger partial charge in [0.05, 0.1) is 16.6 Å². The van der Waals surface area contributed by atoms with E-state index >= 15 is 0 Å². The van der Waals surface area contributed by atoms with Gasteiger partial charge in [0.25, 0.3) is 5.71 Å². The zero-order valence-electron chi connectivity index (χ0n) is 16.4. The number of aromatic nitrogens is 2. The maximum atomic E-state index is 12.8. The molecule has 2 aromatic heterocycles. The van der Waals surface area contributed by atoms with Crippen LogP contribution in [0.1, 0.15) is 74.8 Å². The number of aryl methyl sites for hydroxylation is 3. The number of carbonyl (C=O) groups excluding carboxylic acids is 2. The highest BCUT2D eigenvalue weighted by Gasteiger charge is 2.29. The highest BCUT2D eigenvalue weighted by Crippen LogP contribution is 2.40. The molecule has 0 saturated heterocycles. The van der Waals surface area contributed by atoms with Crippen molar-refractivity contribution in [1.29, 1.82) is 0 Å². The summed E-state index contributed by atoms with van der Waals surface area (Å²) in [5.74, 6) is -0.383. The molecule has 148 valence electrons. The van der Waals surface area contributed by atoms with Gasteiger partial charge in [-0.3, -0.25) is 4.79 Å². The van der Waals surface area contributed by atoms with Crippen LogP contribution in [0.15, 0.2) is 28.8 Å². The molecule has 0 aliphatic heterocycles. The first-order chi connectivity index (χ1) is 14.1. The number of ketones is 1. The summed E-state index contributed by atoms with van der Waals surface area (Å²) in [6, 6.07) is 7.57. The molecule has 0 spiro atoms. The topological polar surface area (TPSA) is 82.3 Å². The predicted molar refractivity (Wildman–Crippen MR) is 106 cm³/mol. The van der Waals surface area contributed by atoms with Crippen LogP contribution in [-0.2, 0) is 17.6 Å². The number of pyridine rings is 1. The van der Waals surface area contributed by atoms with E-state index in [1.807, 2.05) is 18.2 Å². The Morgan fingerprint density at radius 1 is 1.14 bits per heavy atom. The molecule has 1 fully saturated rings. The van der Waals surface area contributed by atoms with E-state index in [0.717, 1.165) is 37.8 Å². The monoisotopic (exact) mass is 390 g/mol. The summed E-state index contributed by atoms with van der Waals surface area (Å²) >= 11 is 0. The van der Waals surface area contributed by atoms with Crippen LogP contribution in [0.25, 0.3) is 11.1 Å². The lowest BCUT2D eigenvalue weighted by Crippen LogP contribution is -2.16. The van der Waals surface area contributed by atoms with Crippen molar-refractivity contribution in [2.24, 2.45) is 0 Å². The number of hydrogen-bond donors (Lipinski definition) is 0. The molecular weight excluding hydrogens is 368 g/mol. The van der Waals surface area contributed by atoms with Crippen molar-refractivity contribution in [3.8, 4) is 0 Å². The fraction of sp³-hybridized carbons (Fsp3) is 0.391. The molecule has 3 aromatic rings. The number of rotatable bonds is 5. The Morgan fingerprint density at radius 3 is 2.72 bits per heavy atom. The fourth-order valence-electron chi connectivity index (χ4n) is 4.06. The van der Waals surface area contributed by atoms with E-state index in [1.54, 1.807) is 13.0 Å². The van der Waals surface area contributed by atoms with Crippen LogP contribution in [0.3, 0.4) is 0 Å². The van der Waals surface area contributed by atoms with Gasteiger partial charge < -0.3 is 9.26 Å². The summed E-state index contributed by atoms with van der Waals surface area (Å²) in [6.07, 6.45) is 6.52. The molecule has 1 saturated carbocycles. The summed E-state index contributed by atoms with van der Waals surface area (Å²) < 4.78 is 10.7. The number of fused-ring (bicyclic) bond motifs is 2. The van der Waals surface area contributed by atoms with Gasteiger partial charge >= 0.3 is 5.97 Å². The van der Waals surface area contributed by atoms with Crippen molar-refractivity contribution in [3.05, 3.63) is 57.9 Å². The van der Waals surface area contributed by atoms with E-state index in [0.29, 0.717) is 33.8 Å². The molecule has 0 atom stereocenters. The zero-order valence-corrected chi connectivity index (χ0v) is 16.4. The third kappa shape index (κ3) is 3.43. The van der Waals surface area contributed by atoms with Crippen molar-refractivity contribution < 1.29 is 18.8 Å². The van der Waals surface area contributed by atoms with Crippen LogP contribution in [-0.4, -0.2) is 28.5 Å². The molecule has 0 radical (unpaired) electrons. The Balaban J connectivity index is 1.35. The number of carbonyl (C=O) groups is 2. The van der Waals surface area contributed by atoms with Gasteiger partial charge in [0, 0.05) is 17.2 Å². The van der Waals surface area contributed by atoms with Crippen molar-refractivity contribution in [2.45, 2.75) is 51.4 Å².